The number of rotatable bonds is 14. The van der Waals surface area contributed by atoms with Gasteiger partial charge in [-0.15, -0.1) is 0 Å². The van der Waals surface area contributed by atoms with Crippen LogP contribution in [0.2, 0.25) is 0 Å². The van der Waals surface area contributed by atoms with E-state index in [4.69, 9.17) is 0 Å². The lowest BCUT2D eigenvalue weighted by Gasteiger charge is -2.57. The lowest BCUT2D eigenvalue weighted by atomic mass is 9.62. The van der Waals surface area contributed by atoms with Crippen molar-refractivity contribution < 1.29 is 19.5 Å². The van der Waals surface area contributed by atoms with Gasteiger partial charge in [0.2, 0.25) is 5.78 Å². The van der Waals surface area contributed by atoms with E-state index in [-0.39, 0.29) is 23.2 Å². The van der Waals surface area contributed by atoms with E-state index in [1.165, 1.54) is 69.1 Å². The van der Waals surface area contributed by atoms with Crippen molar-refractivity contribution in [3.63, 3.8) is 0 Å². The van der Waals surface area contributed by atoms with Gasteiger partial charge < -0.3 is 19.3 Å². The van der Waals surface area contributed by atoms with E-state index >= 15 is 0 Å². The van der Waals surface area contributed by atoms with Gasteiger partial charge in [0.05, 0.1) is 26.2 Å². The Bertz CT molecular complexity index is 1340. The van der Waals surface area contributed by atoms with Crippen LogP contribution in [0.5, 0.6) is 11.5 Å². The monoisotopic (exact) mass is 572 g/mol. The first-order chi connectivity index (χ1) is 20.3. The summed E-state index contributed by atoms with van der Waals surface area (Å²) in [4.78, 5) is 18.1. The summed E-state index contributed by atoms with van der Waals surface area (Å²) < 4.78 is 3.17. The van der Waals surface area contributed by atoms with Crippen molar-refractivity contribution in [2.75, 3.05) is 26.2 Å². The molecule has 226 valence electrons. The van der Waals surface area contributed by atoms with Crippen LogP contribution in [0.4, 0.5) is 0 Å². The smallest absolute Gasteiger partial charge is 0.228 e. The standard InChI is InChI=1S/C36H49N3O3/c1-4-6-7-10-27(3)36-16-22-39(23-17-36,24-18-36)21-15-30(29-13-14-32(40)33(41)25-29)26-38-20-19-37-35(38)34(42)31-12-9-8-11-28(31)5-2/h8-9,11-14,19-20,25,27,30H,4-7,10,15-18,21-24,26H2,1-3H3,(H-,37,40,41,42)/p+1. The van der Waals surface area contributed by atoms with Crippen molar-refractivity contribution in [2.24, 2.45) is 11.3 Å². The molecule has 3 fully saturated rings. The van der Waals surface area contributed by atoms with Gasteiger partial charge in [0, 0.05) is 56.1 Å². The average Bonchev–Trinajstić information content (AvgIpc) is 3.49. The molecule has 3 aliphatic heterocycles. The number of aromatic nitrogens is 2. The first-order valence-corrected chi connectivity index (χ1v) is 16.3. The fourth-order valence-corrected chi connectivity index (χ4v) is 7.83. The lowest BCUT2D eigenvalue weighted by Crippen LogP contribution is -2.63. The summed E-state index contributed by atoms with van der Waals surface area (Å²) in [6.07, 6.45) is 14.7. The van der Waals surface area contributed by atoms with Crippen molar-refractivity contribution in [3.8, 4) is 11.5 Å². The third kappa shape index (κ3) is 6.29. The van der Waals surface area contributed by atoms with Crippen molar-refractivity contribution >= 4 is 5.78 Å². The molecule has 2 atom stereocenters. The Balaban J connectivity index is 1.33. The number of phenolic OH excluding ortho intramolecular Hbond substituents is 2. The average molecular weight is 573 g/mol. The van der Waals surface area contributed by atoms with Gasteiger partial charge in [-0.25, -0.2) is 4.98 Å². The van der Waals surface area contributed by atoms with Gasteiger partial charge in [-0.3, -0.25) is 4.79 Å². The first-order valence-electron chi connectivity index (χ1n) is 16.3. The summed E-state index contributed by atoms with van der Waals surface area (Å²) in [5.41, 5.74) is 3.26. The van der Waals surface area contributed by atoms with E-state index in [2.05, 4.69) is 25.8 Å². The summed E-state index contributed by atoms with van der Waals surface area (Å²) in [5.74, 6) is 1.09. The summed E-state index contributed by atoms with van der Waals surface area (Å²) in [5, 5.41) is 20.4. The number of aromatic hydroxyl groups is 2. The van der Waals surface area contributed by atoms with Crippen LogP contribution in [-0.2, 0) is 13.0 Å². The number of ketones is 1. The second kappa shape index (κ2) is 13.0. The van der Waals surface area contributed by atoms with Crippen LogP contribution < -0.4 is 0 Å². The Labute approximate surface area is 252 Å². The molecule has 42 heavy (non-hydrogen) atoms. The van der Waals surface area contributed by atoms with Crippen molar-refractivity contribution in [1.29, 1.82) is 0 Å². The van der Waals surface area contributed by atoms with Crippen LogP contribution >= 0.6 is 0 Å². The molecule has 6 heteroatoms. The zero-order valence-corrected chi connectivity index (χ0v) is 25.9. The lowest BCUT2D eigenvalue weighted by molar-refractivity contribution is -0.946. The largest absolute Gasteiger partial charge is 0.504 e. The molecule has 6 rings (SSSR count). The van der Waals surface area contributed by atoms with Crippen molar-refractivity contribution in [1.82, 2.24) is 9.55 Å². The molecule has 4 heterocycles. The van der Waals surface area contributed by atoms with Gasteiger partial charge in [0.1, 0.15) is 0 Å². The molecule has 2 aromatic carbocycles. The highest BCUT2D eigenvalue weighted by Crippen LogP contribution is 2.50. The predicted molar refractivity (Wildman–Crippen MR) is 168 cm³/mol. The Kier molecular flexibility index (Phi) is 9.41. The molecule has 2 unspecified atom stereocenters. The molecule has 6 nitrogen and oxygen atoms in total. The molecule has 3 saturated heterocycles. The summed E-state index contributed by atoms with van der Waals surface area (Å²) in [6.45, 7) is 12.3. The Morgan fingerprint density at radius 3 is 2.43 bits per heavy atom. The third-order valence-corrected chi connectivity index (χ3v) is 10.9. The normalized spacial score (nSPS) is 23.1. The zero-order chi connectivity index (χ0) is 29.7. The minimum absolute atomic E-state index is 0.0527. The zero-order valence-electron chi connectivity index (χ0n) is 25.9. The minimum Gasteiger partial charge on any atom is -0.504 e. The maximum absolute atomic E-state index is 13.6. The third-order valence-electron chi connectivity index (χ3n) is 10.9. The predicted octanol–water partition coefficient (Wildman–Crippen LogP) is 7.48. The van der Waals surface area contributed by atoms with Crippen LogP contribution in [0.25, 0.3) is 0 Å². The van der Waals surface area contributed by atoms with E-state index < -0.39 is 0 Å². The fourth-order valence-electron chi connectivity index (χ4n) is 7.83. The molecule has 3 aliphatic rings. The van der Waals surface area contributed by atoms with E-state index in [9.17, 15) is 15.0 Å². The number of carbonyl (C=O) groups excluding carboxylic acids is 1. The fraction of sp³-hybridized carbons (Fsp3) is 0.556. The van der Waals surface area contributed by atoms with E-state index in [1.54, 1.807) is 18.3 Å². The molecule has 0 spiro atoms. The minimum atomic E-state index is -0.106. The summed E-state index contributed by atoms with van der Waals surface area (Å²) in [7, 11) is 0. The molecule has 0 aliphatic carbocycles. The van der Waals surface area contributed by atoms with Crippen molar-refractivity contribution in [2.45, 2.75) is 91.0 Å². The number of phenols is 2. The van der Waals surface area contributed by atoms with Gasteiger partial charge in [-0.1, -0.05) is 76.8 Å². The quantitative estimate of drug-likeness (QED) is 0.0909. The first kappa shape index (κ1) is 30.3. The highest BCUT2D eigenvalue weighted by molar-refractivity contribution is 6.07. The van der Waals surface area contributed by atoms with Gasteiger partial charge in [0.15, 0.2) is 17.3 Å². The number of hydrogen-bond acceptors (Lipinski definition) is 4. The van der Waals surface area contributed by atoms with Crippen molar-refractivity contribution in [3.05, 3.63) is 77.4 Å². The number of nitrogens with zero attached hydrogens (tertiary/aromatic N) is 3. The highest BCUT2D eigenvalue weighted by atomic mass is 16.3. The van der Waals surface area contributed by atoms with Gasteiger partial charge >= 0.3 is 0 Å². The Morgan fingerprint density at radius 2 is 1.74 bits per heavy atom. The van der Waals surface area contributed by atoms with E-state index in [1.807, 2.05) is 41.1 Å². The number of carbonyl (C=O) groups is 1. The number of unbranched alkanes of at least 4 members (excludes halogenated alkanes) is 2. The number of fused-ring (bicyclic) bond motifs is 3. The number of piperidine rings is 3. The molecule has 3 aromatic rings. The van der Waals surface area contributed by atoms with Crippen LogP contribution in [0.3, 0.4) is 0 Å². The molecular weight excluding hydrogens is 522 g/mol. The molecular formula is C36H50N3O3+. The van der Waals surface area contributed by atoms with Crippen LogP contribution in [-0.4, -0.2) is 56.2 Å². The van der Waals surface area contributed by atoms with Crippen LogP contribution in [0, 0.1) is 11.3 Å². The van der Waals surface area contributed by atoms with Crippen LogP contribution in [0.1, 0.15) is 105 Å². The van der Waals surface area contributed by atoms with Gasteiger partial charge in [-0.2, -0.15) is 0 Å². The Morgan fingerprint density at radius 1 is 1.00 bits per heavy atom. The number of benzene rings is 2. The van der Waals surface area contributed by atoms with Gasteiger partial charge in [-0.05, 0) is 41.0 Å². The van der Waals surface area contributed by atoms with Crippen LogP contribution in [0.15, 0.2) is 54.9 Å². The highest BCUT2D eigenvalue weighted by Gasteiger charge is 2.50. The SMILES string of the molecule is CCCCCC(C)C12CC[N+](CCC(Cn3ccnc3C(=O)c3ccccc3CC)c3ccc(O)c(O)c3)(CC1)CC2. The molecule has 2 N–H and O–H groups in total. The second-order valence-corrected chi connectivity index (χ2v) is 13.2. The number of aryl methyl sites for hydroxylation is 1. The second-order valence-electron chi connectivity index (χ2n) is 13.2. The number of quaternary nitrogens is 1. The number of imidazole rings is 1. The summed E-state index contributed by atoms with van der Waals surface area (Å²) >= 11 is 0. The van der Waals surface area contributed by atoms with E-state index in [0.29, 0.717) is 23.3 Å². The maximum Gasteiger partial charge on any atom is 0.228 e. The molecule has 1 aromatic heterocycles. The van der Waals surface area contributed by atoms with Gasteiger partial charge in [0.25, 0.3) is 0 Å². The Hall–Kier alpha value is -3.12. The number of hydrogen-bond donors (Lipinski definition) is 2. The molecule has 0 saturated carbocycles. The molecule has 0 radical (unpaired) electrons. The molecule has 0 amide bonds. The van der Waals surface area contributed by atoms with E-state index in [0.717, 1.165) is 36.4 Å². The summed E-state index contributed by atoms with van der Waals surface area (Å²) in [6, 6.07) is 13.0. The maximum atomic E-state index is 13.6. The molecule has 2 bridgehead atoms. The topological polar surface area (TPSA) is 75.4 Å².